The molecule has 0 amide bonds. The van der Waals surface area contributed by atoms with E-state index in [-0.39, 0.29) is 0 Å². The smallest absolute Gasteiger partial charge is 0.0948 e. The molecule has 0 bridgehead atoms. The van der Waals surface area contributed by atoms with E-state index in [1.54, 1.807) is 0 Å². The highest BCUT2D eigenvalue weighted by atomic mass is 15.2. The minimum Gasteiger partial charge on any atom is -0.334 e. The predicted octanol–water partition coefficient (Wildman–Crippen LogP) is 2.50. The summed E-state index contributed by atoms with van der Waals surface area (Å²) in [7, 11) is 0. The van der Waals surface area contributed by atoms with Crippen LogP contribution in [0.2, 0.25) is 0 Å². The van der Waals surface area contributed by atoms with Gasteiger partial charge in [0.2, 0.25) is 0 Å². The van der Waals surface area contributed by atoms with Crippen LogP contribution in [0, 0.1) is 5.92 Å². The molecule has 1 aromatic heterocycles. The molecule has 4 nitrogen and oxygen atoms in total. The van der Waals surface area contributed by atoms with Crippen molar-refractivity contribution in [2.75, 3.05) is 19.6 Å². The van der Waals surface area contributed by atoms with E-state index in [0.29, 0.717) is 6.04 Å². The molecular weight excluding hydrogens is 248 g/mol. The normalized spacial score (nSPS) is 20.7. The Morgan fingerprint density at radius 2 is 2.25 bits per heavy atom. The maximum atomic E-state index is 4.29. The molecular formula is C16H30N4. The maximum absolute atomic E-state index is 4.29. The van der Waals surface area contributed by atoms with Gasteiger partial charge >= 0.3 is 0 Å². The molecule has 0 radical (unpaired) electrons. The van der Waals surface area contributed by atoms with E-state index in [0.717, 1.165) is 32.1 Å². The van der Waals surface area contributed by atoms with Crippen molar-refractivity contribution in [3.05, 3.63) is 18.2 Å². The van der Waals surface area contributed by atoms with Gasteiger partial charge in [-0.3, -0.25) is 4.90 Å². The van der Waals surface area contributed by atoms with Crippen molar-refractivity contribution < 1.29 is 0 Å². The molecule has 0 saturated carbocycles. The third-order valence-corrected chi connectivity index (χ3v) is 4.19. The number of aryl methyl sites for hydroxylation is 1. The Balaban J connectivity index is 1.89. The number of likely N-dealkylation sites (tertiary alicyclic amines) is 1. The molecule has 1 saturated heterocycles. The number of nitrogens with zero attached hydrogens (tertiary/aromatic N) is 3. The molecule has 1 fully saturated rings. The van der Waals surface area contributed by atoms with Crippen LogP contribution in [-0.4, -0.2) is 40.1 Å². The van der Waals surface area contributed by atoms with E-state index in [1.165, 1.54) is 31.5 Å². The SMILES string of the molecule is CCn1cncc1CN1CCCCC1CNCC(C)C. The lowest BCUT2D eigenvalue weighted by Gasteiger charge is -2.36. The van der Waals surface area contributed by atoms with Crippen LogP contribution in [-0.2, 0) is 13.1 Å². The van der Waals surface area contributed by atoms with Crippen LogP contribution < -0.4 is 5.32 Å². The van der Waals surface area contributed by atoms with Crippen LogP contribution in [0.5, 0.6) is 0 Å². The zero-order valence-electron chi connectivity index (χ0n) is 13.3. The first-order chi connectivity index (χ1) is 9.70. The quantitative estimate of drug-likeness (QED) is 0.832. The number of rotatable bonds is 7. The summed E-state index contributed by atoms with van der Waals surface area (Å²) < 4.78 is 2.26. The van der Waals surface area contributed by atoms with Gasteiger partial charge in [-0.25, -0.2) is 4.98 Å². The first-order valence-corrected chi connectivity index (χ1v) is 8.14. The van der Waals surface area contributed by atoms with E-state index >= 15 is 0 Å². The van der Waals surface area contributed by atoms with Gasteiger partial charge in [-0.05, 0) is 38.8 Å². The molecule has 2 rings (SSSR count). The van der Waals surface area contributed by atoms with Crippen LogP contribution in [0.3, 0.4) is 0 Å². The number of aromatic nitrogens is 2. The molecule has 0 spiro atoms. The van der Waals surface area contributed by atoms with Gasteiger partial charge in [-0.1, -0.05) is 20.3 Å². The van der Waals surface area contributed by atoms with E-state index in [9.17, 15) is 0 Å². The van der Waals surface area contributed by atoms with E-state index in [2.05, 4.69) is 40.5 Å². The average Bonchev–Trinajstić information content (AvgIpc) is 2.87. The fourth-order valence-corrected chi connectivity index (χ4v) is 3.01. The van der Waals surface area contributed by atoms with Gasteiger partial charge in [-0.15, -0.1) is 0 Å². The van der Waals surface area contributed by atoms with Crippen LogP contribution in [0.1, 0.15) is 45.7 Å². The monoisotopic (exact) mass is 278 g/mol. The van der Waals surface area contributed by atoms with Crippen LogP contribution in [0.4, 0.5) is 0 Å². The highest BCUT2D eigenvalue weighted by molar-refractivity contribution is 4.99. The molecule has 1 aliphatic rings. The van der Waals surface area contributed by atoms with Gasteiger partial charge in [0.05, 0.1) is 12.0 Å². The summed E-state index contributed by atoms with van der Waals surface area (Å²) in [6.07, 6.45) is 8.01. The minimum absolute atomic E-state index is 0.683. The van der Waals surface area contributed by atoms with Crippen molar-refractivity contribution >= 4 is 0 Å². The van der Waals surface area contributed by atoms with Crippen LogP contribution in [0.15, 0.2) is 12.5 Å². The number of imidazole rings is 1. The molecule has 2 heterocycles. The van der Waals surface area contributed by atoms with Gasteiger partial charge in [0.15, 0.2) is 0 Å². The van der Waals surface area contributed by atoms with Crippen molar-refractivity contribution in [3.8, 4) is 0 Å². The molecule has 20 heavy (non-hydrogen) atoms. The third kappa shape index (κ3) is 4.32. The highest BCUT2D eigenvalue weighted by Crippen LogP contribution is 2.19. The second-order valence-corrected chi connectivity index (χ2v) is 6.34. The number of nitrogens with one attached hydrogen (secondary N) is 1. The molecule has 1 N–H and O–H groups in total. The largest absolute Gasteiger partial charge is 0.334 e. The summed E-state index contributed by atoms with van der Waals surface area (Å²) in [4.78, 5) is 6.93. The third-order valence-electron chi connectivity index (χ3n) is 4.19. The second-order valence-electron chi connectivity index (χ2n) is 6.34. The van der Waals surface area contributed by atoms with Crippen molar-refractivity contribution in [2.45, 2.75) is 59.2 Å². The van der Waals surface area contributed by atoms with Crippen molar-refractivity contribution in [2.24, 2.45) is 5.92 Å². The van der Waals surface area contributed by atoms with E-state index in [4.69, 9.17) is 0 Å². The van der Waals surface area contributed by atoms with Crippen molar-refractivity contribution in [1.29, 1.82) is 0 Å². The molecule has 114 valence electrons. The number of hydrogen-bond acceptors (Lipinski definition) is 3. The fourth-order valence-electron chi connectivity index (χ4n) is 3.01. The van der Waals surface area contributed by atoms with Gasteiger partial charge < -0.3 is 9.88 Å². The summed E-state index contributed by atoms with van der Waals surface area (Å²) in [5.74, 6) is 0.730. The van der Waals surface area contributed by atoms with Gasteiger partial charge in [-0.2, -0.15) is 0 Å². The lowest BCUT2D eigenvalue weighted by Crippen LogP contribution is -2.45. The average molecular weight is 278 g/mol. The summed E-state index contributed by atoms with van der Waals surface area (Å²) in [5, 5.41) is 3.63. The van der Waals surface area contributed by atoms with Crippen molar-refractivity contribution in [1.82, 2.24) is 19.8 Å². The zero-order chi connectivity index (χ0) is 14.4. The standard InChI is InChI=1S/C16H30N4/c1-4-19-13-18-11-16(19)12-20-8-6-5-7-15(20)10-17-9-14(2)3/h11,13-15,17H,4-10,12H2,1-3H3. The first kappa shape index (κ1) is 15.5. The molecule has 1 unspecified atom stereocenters. The Morgan fingerprint density at radius 1 is 1.40 bits per heavy atom. The molecule has 0 aromatic carbocycles. The summed E-state index contributed by atoms with van der Waals surface area (Å²) in [6, 6.07) is 0.683. The summed E-state index contributed by atoms with van der Waals surface area (Å²) in [6.45, 7) is 12.2. The Morgan fingerprint density at radius 3 is 3.00 bits per heavy atom. The maximum Gasteiger partial charge on any atom is 0.0948 e. The Kier molecular flexibility index (Phi) is 6.05. The minimum atomic E-state index is 0.683. The van der Waals surface area contributed by atoms with Gasteiger partial charge in [0.25, 0.3) is 0 Å². The van der Waals surface area contributed by atoms with E-state index < -0.39 is 0 Å². The lowest BCUT2D eigenvalue weighted by atomic mass is 10.0. The number of piperidine rings is 1. The Bertz CT molecular complexity index is 386. The molecule has 1 aliphatic heterocycles. The number of hydrogen-bond donors (Lipinski definition) is 1. The summed E-state index contributed by atoms with van der Waals surface area (Å²) >= 11 is 0. The van der Waals surface area contributed by atoms with E-state index in [1.807, 2.05) is 12.5 Å². The van der Waals surface area contributed by atoms with Crippen LogP contribution in [0.25, 0.3) is 0 Å². The van der Waals surface area contributed by atoms with Crippen molar-refractivity contribution in [3.63, 3.8) is 0 Å². The molecule has 0 aliphatic carbocycles. The van der Waals surface area contributed by atoms with Gasteiger partial charge in [0, 0.05) is 31.9 Å². The highest BCUT2D eigenvalue weighted by Gasteiger charge is 2.22. The summed E-state index contributed by atoms with van der Waals surface area (Å²) in [5.41, 5.74) is 1.35. The second kappa shape index (κ2) is 7.79. The predicted molar refractivity (Wildman–Crippen MR) is 83.7 cm³/mol. The molecule has 1 aromatic rings. The topological polar surface area (TPSA) is 33.1 Å². The van der Waals surface area contributed by atoms with Gasteiger partial charge in [0.1, 0.15) is 0 Å². The first-order valence-electron chi connectivity index (χ1n) is 8.14. The van der Waals surface area contributed by atoms with Crippen LogP contribution >= 0.6 is 0 Å². The Labute approximate surface area is 123 Å². The Hall–Kier alpha value is -0.870. The molecule has 4 heteroatoms. The zero-order valence-corrected chi connectivity index (χ0v) is 13.3. The fraction of sp³-hybridized carbons (Fsp3) is 0.812. The lowest BCUT2D eigenvalue weighted by molar-refractivity contribution is 0.133. The molecule has 1 atom stereocenters.